The van der Waals surface area contributed by atoms with E-state index in [1.54, 1.807) is 0 Å². The lowest BCUT2D eigenvalue weighted by atomic mass is 9.86. The van der Waals surface area contributed by atoms with Crippen LogP contribution in [-0.2, 0) is 0 Å². The lowest BCUT2D eigenvalue weighted by Crippen LogP contribution is -2.37. The van der Waals surface area contributed by atoms with Gasteiger partial charge >= 0.3 is 0 Å². The average molecular weight is 446 g/mol. The van der Waals surface area contributed by atoms with Gasteiger partial charge in [-0.05, 0) is 80.6 Å². The summed E-state index contributed by atoms with van der Waals surface area (Å²) in [5.74, 6) is 0.817. The van der Waals surface area contributed by atoms with E-state index in [0.29, 0.717) is 11.5 Å². The summed E-state index contributed by atoms with van der Waals surface area (Å²) in [6.45, 7) is 15.7. The third-order valence-corrected chi connectivity index (χ3v) is 6.87. The molecule has 0 saturated carbocycles. The van der Waals surface area contributed by atoms with E-state index in [1.165, 1.54) is 70.0 Å². The minimum atomic E-state index is 0.165. The van der Waals surface area contributed by atoms with Crippen molar-refractivity contribution >= 4 is 6.29 Å². The summed E-state index contributed by atoms with van der Waals surface area (Å²) in [5.41, 5.74) is 2.57. The highest BCUT2D eigenvalue weighted by Crippen LogP contribution is 2.35. The van der Waals surface area contributed by atoms with E-state index in [1.807, 2.05) is 6.07 Å². The Hall–Kier alpha value is -1.35. The first-order chi connectivity index (χ1) is 15.4. The molecule has 0 fully saturated rings. The van der Waals surface area contributed by atoms with Gasteiger partial charge in [-0.2, -0.15) is 0 Å². The number of rotatable bonds is 18. The van der Waals surface area contributed by atoms with Gasteiger partial charge in [-0.25, -0.2) is 0 Å². The molecule has 1 N–H and O–H groups in total. The average Bonchev–Trinajstić information content (AvgIpc) is 2.78. The Morgan fingerprint density at radius 2 is 1.50 bits per heavy atom. The molecule has 2 unspecified atom stereocenters. The molecule has 1 aromatic rings. The molecule has 32 heavy (non-hydrogen) atoms. The zero-order valence-electron chi connectivity index (χ0n) is 22.0. The van der Waals surface area contributed by atoms with Crippen molar-refractivity contribution in [2.75, 3.05) is 13.1 Å². The molecule has 0 saturated heterocycles. The smallest absolute Gasteiger partial charge is 0.153 e. The highest BCUT2D eigenvalue weighted by atomic mass is 16.3. The number of nitrogens with zero attached hydrogens (tertiary/aromatic N) is 1. The third kappa shape index (κ3) is 9.25. The summed E-state index contributed by atoms with van der Waals surface area (Å²) in [5, 5.41) is 10.5. The predicted octanol–water partition coefficient (Wildman–Crippen LogP) is 8.45. The molecule has 184 valence electrons. The second kappa shape index (κ2) is 16.3. The van der Waals surface area contributed by atoms with Crippen molar-refractivity contribution in [1.82, 2.24) is 4.90 Å². The molecular formula is C29H51NO2. The van der Waals surface area contributed by atoms with Crippen molar-refractivity contribution in [1.29, 1.82) is 0 Å². The van der Waals surface area contributed by atoms with Crippen molar-refractivity contribution in [3.63, 3.8) is 0 Å². The molecule has 0 aliphatic heterocycles. The quantitative estimate of drug-likeness (QED) is 0.230. The zero-order valence-corrected chi connectivity index (χ0v) is 22.0. The number of carbonyl (C=O) groups is 1. The van der Waals surface area contributed by atoms with Crippen molar-refractivity contribution in [2.45, 2.75) is 130 Å². The number of unbranched alkanes of at least 4 members (excludes halogenated alkanes) is 2. The first kappa shape index (κ1) is 28.7. The van der Waals surface area contributed by atoms with Crippen LogP contribution in [0, 0.1) is 0 Å². The molecule has 2 atom stereocenters. The van der Waals surface area contributed by atoms with Gasteiger partial charge in [0.05, 0.1) is 5.56 Å². The third-order valence-electron chi connectivity index (χ3n) is 6.87. The van der Waals surface area contributed by atoms with Gasteiger partial charge in [0.1, 0.15) is 5.75 Å². The highest BCUT2D eigenvalue weighted by molar-refractivity contribution is 5.80. The van der Waals surface area contributed by atoms with Gasteiger partial charge in [-0.3, -0.25) is 4.79 Å². The van der Waals surface area contributed by atoms with Gasteiger partial charge in [-0.1, -0.05) is 79.7 Å². The van der Waals surface area contributed by atoms with Gasteiger partial charge in [0.2, 0.25) is 0 Å². The van der Waals surface area contributed by atoms with Crippen molar-refractivity contribution in [3.05, 3.63) is 28.8 Å². The summed E-state index contributed by atoms with van der Waals surface area (Å²) in [4.78, 5) is 14.4. The lowest BCUT2D eigenvalue weighted by molar-refractivity contribution is 0.112. The lowest BCUT2D eigenvalue weighted by Gasteiger charge is -2.32. The second-order valence-electron chi connectivity index (χ2n) is 9.92. The van der Waals surface area contributed by atoms with E-state index in [9.17, 15) is 9.90 Å². The summed E-state index contributed by atoms with van der Waals surface area (Å²) in [6.07, 6.45) is 14.4. The maximum atomic E-state index is 11.6. The second-order valence-corrected chi connectivity index (χ2v) is 9.92. The van der Waals surface area contributed by atoms with E-state index in [4.69, 9.17) is 0 Å². The largest absolute Gasteiger partial charge is 0.507 e. The number of benzene rings is 1. The number of hydrogen-bond donors (Lipinski definition) is 1. The van der Waals surface area contributed by atoms with E-state index < -0.39 is 0 Å². The minimum absolute atomic E-state index is 0.165. The Balaban J connectivity index is 2.97. The summed E-state index contributed by atoms with van der Waals surface area (Å²) < 4.78 is 0. The molecule has 0 amide bonds. The molecule has 3 heteroatoms. The van der Waals surface area contributed by atoms with Crippen LogP contribution in [0.25, 0.3) is 0 Å². The Kier molecular flexibility index (Phi) is 14.6. The van der Waals surface area contributed by atoms with Gasteiger partial charge < -0.3 is 10.0 Å². The molecule has 0 radical (unpaired) electrons. The van der Waals surface area contributed by atoms with Gasteiger partial charge in [0.25, 0.3) is 0 Å². The number of carbonyl (C=O) groups excluding carboxylic acids is 1. The Morgan fingerprint density at radius 1 is 0.844 bits per heavy atom. The molecule has 3 nitrogen and oxygen atoms in total. The van der Waals surface area contributed by atoms with Crippen LogP contribution in [-0.4, -0.2) is 35.4 Å². The fourth-order valence-corrected chi connectivity index (χ4v) is 4.96. The topological polar surface area (TPSA) is 40.5 Å². The fraction of sp³-hybridized carbons (Fsp3) is 0.759. The van der Waals surface area contributed by atoms with Crippen LogP contribution >= 0.6 is 0 Å². The van der Waals surface area contributed by atoms with Crippen LogP contribution < -0.4 is 0 Å². The molecule has 0 aromatic heterocycles. The van der Waals surface area contributed by atoms with E-state index in [0.717, 1.165) is 37.2 Å². The molecule has 1 rings (SSSR count). The van der Waals surface area contributed by atoms with Crippen LogP contribution in [0.2, 0.25) is 0 Å². The first-order valence-corrected chi connectivity index (χ1v) is 13.5. The van der Waals surface area contributed by atoms with Crippen molar-refractivity contribution in [2.24, 2.45) is 0 Å². The van der Waals surface area contributed by atoms with Gasteiger partial charge in [-0.15, -0.1) is 0 Å². The molecule has 0 heterocycles. The van der Waals surface area contributed by atoms with E-state index in [2.05, 4.69) is 52.5 Å². The number of hydrogen-bond acceptors (Lipinski definition) is 3. The van der Waals surface area contributed by atoms with Crippen LogP contribution in [0.3, 0.4) is 0 Å². The van der Waals surface area contributed by atoms with Crippen molar-refractivity contribution < 1.29 is 9.90 Å². The van der Waals surface area contributed by atoms with Gasteiger partial charge in [0.15, 0.2) is 6.29 Å². The molecule has 0 spiro atoms. The fourth-order valence-electron chi connectivity index (χ4n) is 4.96. The predicted molar refractivity (Wildman–Crippen MR) is 139 cm³/mol. The van der Waals surface area contributed by atoms with Gasteiger partial charge in [0, 0.05) is 6.04 Å². The molecule has 0 aliphatic rings. The van der Waals surface area contributed by atoms with Crippen LogP contribution in [0.5, 0.6) is 5.75 Å². The Morgan fingerprint density at radius 3 is 2.06 bits per heavy atom. The minimum Gasteiger partial charge on any atom is -0.507 e. The summed E-state index contributed by atoms with van der Waals surface area (Å²) >= 11 is 0. The SMILES string of the molecule is CCCCC(CCC)N(CCCC)CCCC(CCC)c1cc(C=O)c(O)c(C(C)C)c1. The Labute approximate surface area is 199 Å². The van der Waals surface area contributed by atoms with Crippen molar-refractivity contribution in [3.8, 4) is 5.75 Å². The van der Waals surface area contributed by atoms with E-state index in [-0.39, 0.29) is 11.7 Å². The molecular weight excluding hydrogens is 394 g/mol. The summed E-state index contributed by atoms with van der Waals surface area (Å²) in [7, 11) is 0. The number of phenols is 1. The Bertz CT molecular complexity index is 640. The normalized spacial score (nSPS) is 13.6. The number of phenolic OH excluding ortho intramolecular Hbond substituents is 1. The standard InChI is InChI=1S/C29H51NO2/c1-7-11-17-27(15-10-4)30(18-12-8-2)19-13-16-24(14-9-3)25-20-26(22-31)29(32)28(21-25)23(5)6/h20-24,27,32H,7-19H2,1-6H3. The number of aromatic hydroxyl groups is 1. The zero-order chi connectivity index (χ0) is 23.9. The first-order valence-electron chi connectivity index (χ1n) is 13.5. The van der Waals surface area contributed by atoms with Crippen LogP contribution in [0.15, 0.2) is 12.1 Å². The monoisotopic (exact) mass is 445 g/mol. The number of aldehydes is 1. The molecule has 1 aromatic carbocycles. The van der Waals surface area contributed by atoms with Crippen LogP contribution in [0.4, 0.5) is 0 Å². The highest BCUT2D eigenvalue weighted by Gasteiger charge is 2.20. The molecule has 0 bridgehead atoms. The summed E-state index contributed by atoms with van der Waals surface area (Å²) in [6, 6.07) is 4.81. The maximum Gasteiger partial charge on any atom is 0.153 e. The maximum absolute atomic E-state index is 11.6. The van der Waals surface area contributed by atoms with Crippen LogP contribution in [0.1, 0.15) is 145 Å². The van der Waals surface area contributed by atoms with E-state index >= 15 is 0 Å². The molecule has 0 aliphatic carbocycles.